The van der Waals surface area contributed by atoms with Crippen LogP contribution in [-0.4, -0.2) is 42.2 Å². The molecule has 8 heteroatoms. The molecular formula is C38H45N5O3. The first kappa shape index (κ1) is 31.7. The van der Waals surface area contributed by atoms with Crippen molar-refractivity contribution < 1.29 is 14.6 Å². The van der Waals surface area contributed by atoms with Crippen molar-refractivity contribution in [3.05, 3.63) is 95.1 Å². The van der Waals surface area contributed by atoms with Crippen LogP contribution < -0.4 is 0 Å². The van der Waals surface area contributed by atoms with Gasteiger partial charge in [-0.2, -0.15) is 10.2 Å². The summed E-state index contributed by atoms with van der Waals surface area (Å²) in [7, 11) is 0. The van der Waals surface area contributed by atoms with Crippen molar-refractivity contribution in [2.24, 2.45) is 5.41 Å². The van der Waals surface area contributed by atoms with Crippen LogP contribution in [0.15, 0.2) is 66.9 Å². The minimum absolute atomic E-state index is 0.0772. The number of hydrogen-bond donors (Lipinski definition) is 1. The molecule has 1 aliphatic rings. The average Bonchev–Trinajstić information content (AvgIpc) is 3.62. The Morgan fingerprint density at radius 3 is 2.43 bits per heavy atom. The molecule has 3 heterocycles. The van der Waals surface area contributed by atoms with Crippen LogP contribution in [0.4, 0.5) is 0 Å². The number of nitrogens with zero attached hydrogens (tertiary/aromatic N) is 5. The van der Waals surface area contributed by atoms with E-state index >= 15 is 0 Å². The Bertz CT molecular complexity index is 1850. The predicted molar refractivity (Wildman–Crippen MR) is 181 cm³/mol. The van der Waals surface area contributed by atoms with E-state index in [1.54, 1.807) is 0 Å². The van der Waals surface area contributed by atoms with E-state index < -0.39 is 11.5 Å². The number of ether oxygens (including phenoxy) is 1. The summed E-state index contributed by atoms with van der Waals surface area (Å²) in [5.74, 6) is 0.495. The highest BCUT2D eigenvalue weighted by molar-refractivity contribution is 5.94. The van der Waals surface area contributed by atoms with Gasteiger partial charge in [-0.3, -0.25) is 14.5 Å². The highest BCUT2D eigenvalue weighted by atomic mass is 16.5. The molecule has 1 saturated carbocycles. The van der Waals surface area contributed by atoms with Crippen LogP contribution in [0.3, 0.4) is 0 Å². The Morgan fingerprint density at radius 1 is 1.02 bits per heavy atom. The molecule has 1 fully saturated rings. The second kappa shape index (κ2) is 12.8. The number of carbonyl (C=O) groups is 1. The summed E-state index contributed by atoms with van der Waals surface area (Å²) >= 11 is 0. The van der Waals surface area contributed by atoms with Gasteiger partial charge >= 0.3 is 5.97 Å². The van der Waals surface area contributed by atoms with Crippen LogP contribution in [0.25, 0.3) is 27.8 Å². The van der Waals surface area contributed by atoms with Gasteiger partial charge in [-0.05, 0) is 83.1 Å². The molecular weight excluding hydrogens is 574 g/mol. The number of hydrogen-bond acceptors (Lipinski definition) is 6. The van der Waals surface area contributed by atoms with Gasteiger partial charge in [0.1, 0.15) is 0 Å². The molecule has 0 amide bonds. The fraction of sp³-hybridized carbons (Fsp3) is 0.421. The number of aromatic nitrogens is 5. The quantitative estimate of drug-likeness (QED) is 0.168. The van der Waals surface area contributed by atoms with Gasteiger partial charge in [0.25, 0.3) is 0 Å². The Kier molecular flexibility index (Phi) is 8.84. The van der Waals surface area contributed by atoms with E-state index in [-0.39, 0.29) is 11.9 Å². The van der Waals surface area contributed by atoms with E-state index in [0.717, 1.165) is 76.2 Å². The number of aryl methyl sites for hydroxylation is 1. The maximum absolute atomic E-state index is 12.5. The summed E-state index contributed by atoms with van der Waals surface area (Å²) in [6.45, 7) is 13.3. The number of fused-ring (bicyclic) bond motifs is 1. The smallest absolute Gasteiger partial charge is 0.311 e. The number of aliphatic hydroxyl groups excluding tert-OH is 1. The highest BCUT2D eigenvalue weighted by Gasteiger charge is 2.39. The first-order valence-corrected chi connectivity index (χ1v) is 16.5. The Labute approximate surface area is 271 Å². The first-order valence-electron chi connectivity index (χ1n) is 16.5. The highest BCUT2D eigenvalue weighted by Crippen LogP contribution is 2.44. The summed E-state index contributed by atoms with van der Waals surface area (Å²) in [6, 6.07) is 20.1. The summed E-state index contributed by atoms with van der Waals surface area (Å²) in [4.78, 5) is 17.6. The van der Waals surface area contributed by atoms with Crippen molar-refractivity contribution in [3.8, 4) is 16.9 Å². The molecule has 0 radical (unpaired) electrons. The van der Waals surface area contributed by atoms with Crippen molar-refractivity contribution in [1.82, 2.24) is 24.5 Å². The minimum Gasteiger partial charge on any atom is -0.466 e. The summed E-state index contributed by atoms with van der Waals surface area (Å²) in [5, 5.41) is 21.9. The zero-order valence-electron chi connectivity index (χ0n) is 27.8. The molecule has 1 aliphatic carbocycles. The van der Waals surface area contributed by atoms with Crippen LogP contribution in [0.1, 0.15) is 99.5 Å². The van der Waals surface area contributed by atoms with Gasteiger partial charge in [-0.1, -0.05) is 56.3 Å². The van der Waals surface area contributed by atoms with E-state index in [1.165, 1.54) is 5.56 Å². The molecule has 0 bridgehead atoms. The van der Waals surface area contributed by atoms with E-state index in [2.05, 4.69) is 45.9 Å². The summed E-state index contributed by atoms with van der Waals surface area (Å²) < 4.78 is 9.23. The number of benzene rings is 2. The molecule has 5 aromatic rings. The largest absolute Gasteiger partial charge is 0.466 e. The van der Waals surface area contributed by atoms with Crippen molar-refractivity contribution in [3.63, 3.8) is 0 Å². The van der Waals surface area contributed by atoms with E-state index in [9.17, 15) is 9.90 Å². The molecule has 1 N–H and O–H groups in total. The lowest BCUT2D eigenvalue weighted by Gasteiger charge is -2.35. The second-order valence-electron chi connectivity index (χ2n) is 13.3. The lowest BCUT2D eigenvalue weighted by Crippen LogP contribution is -2.34. The molecule has 2 aromatic carbocycles. The van der Waals surface area contributed by atoms with Crippen LogP contribution >= 0.6 is 0 Å². The summed E-state index contributed by atoms with van der Waals surface area (Å²) in [5.41, 5.74) is 8.57. The number of esters is 1. The standard InChI is InChI=1S/C38H45N5O3/c1-7-46-37(45)38(6)20-18-27(19-21-38)31-16-17-33(25(4)39-31)43-26(5)35(24(2)3)36(41-43)29-14-11-15-32-30(29)22-42(40-32)23-34(44)28-12-9-8-10-13-28/h8-17,22,24,27,34,44H,7,18-21,23H2,1-6H3/t27?,34-,38?/m0/s1. The molecule has 1 atom stereocenters. The van der Waals surface area contributed by atoms with E-state index in [0.29, 0.717) is 19.1 Å². The lowest BCUT2D eigenvalue weighted by atomic mass is 9.71. The maximum Gasteiger partial charge on any atom is 0.311 e. The number of rotatable bonds is 9. The third-order valence-corrected chi connectivity index (χ3v) is 9.72. The predicted octanol–water partition coefficient (Wildman–Crippen LogP) is 7.98. The maximum atomic E-state index is 12.5. The van der Waals surface area contributed by atoms with Crippen LogP contribution in [0, 0.1) is 19.3 Å². The second-order valence-corrected chi connectivity index (χ2v) is 13.3. The Hall–Kier alpha value is -4.30. The SMILES string of the molecule is CCOC(=O)C1(C)CCC(c2ccc(-n3nc(-c4cccc5nn(C[C@H](O)c6ccccc6)cc45)c(C(C)C)c3C)c(C)n2)CC1. The third kappa shape index (κ3) is 5.98. The zero-order valence-corrected chi connectivity index (χ0v) is 27.8. The van der Waals surface area contributed by atoms with Crippen molar-refractivity contribution in [2.75, 3.05) is 6.61 Å². The van der Waals surface area contributed by atoms with Crippen LogP contribution in [-0.2, 0) is 16.1 Å². The first-order chi connectivity index (χ1) is 22.1. The fourth-order valence-corrected chi connectivity index (χ4v) is 7.07. The van der Waals surface area contributed by atoms with Gasteiger partial charge in [0, 0.05) is 40.0 Å². The molecule has 0 unspecified atom stereocenters. The van der Waals surface area contributed by atoms with Crippen LogP contribution in [0.2, 0.25) is 0 Å². The molecule has 0 aliphatic heterocycles. The molecule has 240 valence electrons. The summed E-state index contributed by atoms with van der Waals surface area (Å²) in [6.07, 6.45) is 4.83. The van der Waals surface area contributed by atoms with Gasteiger partial charge in [0.05, 0.1) is 47.3 Å². The number of carbonyl (C=O) groups excluding carboxylic acids is 1. The minimum atomic E-state index is -0.652. The van der Waals surface area contributed by atoms with Gasteiger partial charge in [-0.15, -0.1) is 0 Å². The van der Waals surface area contributed by atoms with Gasteiger partial charge in [0.15, 0.2) is 0 Å². The molecule has 6 rings (SSSR count). The van der Waals surface area contributed by atoms with Crippen molar-refractivity contribution in [2.45, 2.75) is 91.7 Å². The molecule has 0 saturated heterocycles. The van der Waals surface area contributed by atoms with Gasteiger partial charge in [0.2, 0.25) is 0 Å². The van der Waals surface area contributed by atoms with E-state index in [1.807, 2.05) is 71.9 Å². The third-order valence-electron chi connectivity index (χ3n) is 9.72. The van der Waals surface area contributed by atoms with Crippen molar-refractivity contribution in [1.29, 1.82) is 0 Å². The van der Waals surface area contributed by atoms with Crippen molar-refractivity contribution >= 4 is 16.9 Å². The van der Waals surface area contributed by atoms with Crippen LogP contribution in [0.5, 0.6) is 0 Å². The Balaban J connectivity index is 1.30. The Morgan fingerprint density at radius 2 is 1.76 bits per heavy atom. The average molecular weight is 620 g/mol. The van der Waals surface area contributed by atoms with Gasteiger partial charge in [-0.25, -0.2) is 4.68 Å². The lowest BCUT2D eigenvalue weighted by molar-refractivity contribution is -0.156. The van der Waals surface area contributed by atoms with Gasteiger partial charge < -0.3 is 9.84 Å². The molecule has 46 heavy (non-hydrogen) atoms. The zero-order chi connectivity index (χ0) is 32.6. The number of aliphatic hydroxyl groups is 1. The topological polar surface area (TPSA) is 95.1 Å². The molecule has 3 aromatic heterocycles. The normalized spacial score (nSPS) is 19.1. The van der Waals surface area contributed by atoms with E-state index in [4.69, 9.17) is 19.9 Å². The molecule has 0 spiro atoms. The fourth-order valence-electron chi connectivity index (χ4n) is 7.07. The number of pyridine rings is 1. The molecule has 8 nitrogen and oxygen atoms in total. The monoisotopic (exact) mass is 619 g/mol.